The molecule has 26 heavy (non-hydrogen) atoms. The quantitative estimate of drug-likeness (QED) is 0.863. The summed E-state index contributed by atoms with van der Waals surface area (Å²) < 4.78 is 1.59. The lowest BCUT2D eigenvalue weighted by molar-refractivity contribution is 0.0793. The van der Waals surface area contributed by atoms with Gasteiger partial charge in [0, 0.05) is 12.1 Å². The first-order valence-corrected chi connectivity index (χ1v) is 9.18. The Morgan fingerprint density at radius 3 is 2.92 bits per heavy atom. The SMILES string of the molecule is CCC1CCC(C)C12NC(=O)c1c(Cl)cc(Nc3ccncn3)c(=O)n12. The Bertz CT molecular complexity index is 929. The molecule has 4 rings (SSSR count). The van der Waals surface area contributed by atoms with Crippen molar-refractivity contribution in [2.75, 3.05) is 5.32 Å². The van der Waals surface area contributed by atoms with Gasteiger partial charge in [0.05, 0.1) is 5.02 Å². The fourth-order valence-electron chi connectivity index (χ4n) is 4.47. The van der Waals surface area contributed by atoms with Gasteiger partial charge >= 0.3 is 0 Å². The molecule has 3 heterocycles. The Balaban J connectivity index is 1.92. The van der Waals surface area contributed by atoms with Crippen molar-refractivity contribution in [2.24, 2.45) is 11.8 Å². The molecule has 8 heteroatoms. The monoisotopic (exact) mass is 373 g/mol. The lowest BCUT2D eigenvalue weighted by atomic mass is 9.88. The van der Waals surface area contributed by atoms with Crippen LogP contribution in [-0.2, 0) is 5.66 Å². The highest BCUT2D eigenvalue weighted by atomic mass is 35.5. The molecule has 2 aromatic rings. The average Bonchev–Trinajstić information content (AvgIpc) is 3.11. The highest BCUT2D eigenvalue weighted by Crippen LogP contribution is 2.49. The predicted molar refractivity (Wildman–Crippen MR) is 98.6 cm³/mol. The summed E-state index contributed by atoms with van der Waals surface area (Å²) in [6, 6.07) is 3.16. The molecule has 1 spiro atoms. The minimum atomic E-state index is -0.717. The summed E-state index contributed by atoms with van der Waals surface area (Å²) in [7, 11) is 0. The van der Waals surface area contributed by atoms with E-state index in [1.165, 1.54) is 12.4 Å². The summed E-state index contributed by atoms with van der Waals surface area (Å²) in [6.45, 7) is 4.17. The van der Waals surface area contributed by atoms with Crippen molar-refractivity contribution in [3.05, 3.63) is 45.7 Å². The van der Waals surface area contributed by atoms with E-state index in [1.807, 2.05) is 0 Å². The molecule has 1 saturated carbocycles. The van der Waals surface area contributed by atoms with E-state index in [0.29, 0.717) is 11.5 Å². The van der Waals surface area contributed by atoms with Crippen molar-refractivity contribution >= 4 is 29.0 Å². The lowest BCUT2D eigenvalue weighted by Gasteiger charge is -2.37. The molecule has 2 aromatic heterocycles. The predicted octanol–water partition coefficient (Wildman–Crippen LogP) is 2.89. The van der Waals surface area contributed by atoms with Crippen molar-refractivity contribution in [2.45, 2.75) is 38.8 Å². The second-order valence-corrected chi connectivity index (χ2v) is 7.38. The maximum atomic E-state index is 13.3. The molecular formula is C18H20ClN5O2. The van der Waals surface area contributed by atoms with Gasteiger partial charge in [-0.05, 0) is 37.3 Å². The van der Waals surface area contributed by atoms with E-state index in [0.717, 1.165) is 19.3 Å². The van der Waals surface area contributed by atoms with E-state index in [2.05, 4.69) is 34.4 Å². The molecule has 136 valence electrons. The van der Waals surface area contributed by atoms with E-state index < -0.39 is 5.66 Å². The smallest absolute Gasteiger partial charge is 0.276 e. The number of anilines is 2. The van der Waals surface area contributed by atoms with Crippen LogP contribution in [0.25, 0.3) is 0 Å². The summed E-state index contributed by atoms with van der Waals surface area (Å²) in [6.07, 6.45) is 5.77. The molecule has 2 aliphatic rings. The lowest BCUT2D eigenvalue weighted by Crippen LogP contribution is -2.53. The number of rotatable bonds is 3. The number of hydrogen-bond donors (Lipinski definition) is 2. The summed E-state index contributed by atoms with van der Waals surface area (Å²) >= 11 is 6.41. The standard InChI is InChI=1S/C18H20ClN5O2/c1-3-11-5-4-10(2)18(11)23-16(25)15-12(19)8-13(17(26)24(15)18)22-14-6-7-20-9-21-14/h6-11H,3-5H2,1-2H3,(H,23,25)(H,20,21,22). The molecule has 3 unspecified atom stereocenters. The molecule has 0 saturated heterocycles. The van der Waals surface area contributed by atoms with Crippen molar-refractivity contribution in [3.8, 4) is 0 Å². The average molecular weight is 374 g/mol. The van der Waals surface area contributed by atoms with Gasteiger partial charge in [0.25, 0.3) is 11.5 Å². The van der Waals surface area contributed by atoms with Gasteiger partial charge < -0.3 is 10.6 Å². The number of nitrogens with zero attached hydrogens (tertiary/aromatic N) is 3. The number of fused-ring (bicyclic) bond motifs is 2. The molecule has 3 atom stereocenters. The summed E-state index contributed by atoms with van der Waals surface area (Å²) in [5.74, 6) is 0.533. The molecule has 1 aliphatic heterocycles. The van der Waals surface area contributed by atoms with Gasteiger partial charge in [0.15, 0.2) is 0 Å². The van der Waals surface area contributed by atoms with E-state index in [4.69, 9.17) is 11.6 Å². The zero-order chi connectivity index (χ0) is 18.5. The number of nitrogens with one attached hydrogen (secondary N) is 2. The first-order chi connectivity index (χ1) is 12.5. The fraction of sp³-hybridized carbons (Fsp3) is 0.444. The minimum absolute atomic E-state index is 0.140. The third kappa shape index (κ3) is 2.26. The van der Waals surface area contributed by atoms with Gasteiger partial charge in [-0.3, -0.25) is 14.2 Å². The van der Waals surface area contributed by atoms with Gasteiger partial charge in [-0.15, -0.1) is 0 Å². The van der Waals surface area contributed by atoms with Crippen molar-refractivity contribution in [1.29, 1.82) is 0 Å². The zero-order valence-corrected chi connectivity index (χ0v) is 15.4. The maximum Gasteiger partial charge on any atom is 0.276 e. The first kappa shape index (κ1) is 17.0. The van der Waals surface area contributed by atoms with Crippen LogP contribution in [0.3, 0.4) is 0 Å². The fourth-order valence-corrected chi connectivity index (χ4v) is 4.75. The molecule has 0 bridgehead atoms. The molecule has 0 aromatic carbocycles. The number of amides is 1. The van der Waals surface area contributed by atoms with Crippen molar-refractivity contribution < 1.29 is 4.79 Å². The molecule has 1 aliphatic carbocycles. The Kier molecular flexibility index (Phi) is 3.99. The Labute approximate surface area is 155 Å². The van der Waals surface area contributed by atoms with Crippen LogP contribution in [0.2, 0.25) is 5.02 Å². The van der Waals surface area contributed by atoms with Gasteiger partial charge in [-0.1, -0.05) is 25.4 Å². The number of hydrogen-bond acceptors (Lipinski definition) is 5. The number of pyridine rings is 1. The van der Waals surface area contributed by atoms with Crippen LogP contribution in [0, 0.1) is 11.8 Å². The van der Waals surface area contributed by atoms with Crippen molar-refractivity contribution in [3.63, 3.8) is 0 Å². The molecule has 2 N–H and O–H groups in total. The third-order valence-electron chi connectivity index (χ3n) is 5.71. The van der Waals surface area contributed by atoms with E-state index in [9.17, 15) is 9.59 Å². The van der Waals surface area contributed by atoms with Crippen LogP contribution in [-0.4, -0.2) is 20.4 Å². The van der Waals surface area contributed by atoms with Gasteiger partial charge in [-0.2, -0.15) is 0 Å². The van der Waals surface area contributed by atoms with Crippen LogP contribution in [0.5, 0.6) is 0 Å². The number of halogens is 1. The topological polar surface area (TPSA) is 88.9 Å². The van der Waals surface area contributed by atoms with Gasteiger partial charge in [0.1, 0.15) is 29.2 Å². The number of carbonyl (C=O) groups is 1. The van der Waals surface area contributed by atoms with Crippen LogP contribution < -0.4 is 16.2 Å². The number of carbonyl (C=O) groups excluding carboxylic acids is 1. The van der Waals surface area contributed by atoms with Gasteiger partial charge in [-0.25, -0.2) is 9.97 Å². The molecule has 0 radical (unpaired) electrons. The second kappa shape index (κ2) is 6.09. The molecule has 1 amide bonds. The van der Waals surface area contributed by atoms with E-state index in [-0.39, 0.29) is 34.0 Å². The Hall–Kier alpha value is -2.41. The molecular weight excluding hydrogens is 354 g/mol. The van der Waals surface area contributed by atoms with Crippen LogP contribution in [0.1, 0.15) is 43.6 Å². The number of aromatic nitrogens is 3. The second-order valence-electron chi connectivity index (χ2n) is 6.98. The van der Waals surface area contributed by atoms with Crippen LogP contribution in [0.15, 0.2) is 29.5 Å². The largest absolute Gasteiger partial charge is 0.336 e. The highest BCUT2D eigenvalue weighted by molar-refractivity contribution is 6.34. The first-order valence-electron chi connectivity index (χ1n) is 8.80. The zero-order valence-electron chi connectivity index (χ0n) is 14.6. The van der Waals surface area contributed by atoms with Crippen LogP contribution in [0.4, 0.5) is 11.5 Å². The maximum absolute atomic E-state index is 13.3. The Morgan fingerprint density at radius 2 is 2.23 bits per heavy atom. The summed E-state index contributed by atoms with van der Waals surface area (Å²) in [4.78, 5) is 34.0. The molecule has 7 nitrogen and oxygen atoms in total. The molecule has 1 fully saturated rings. The third-order valence-corrected chi connectivity index (χ3v) is 6.00. The van der Waals surface area contributed by atoms with E-state index >= 15 is 0 Å². The normalized spacial score (nSPS) is 26.8. The van der Waals surface area contributed by atoms with Crippen LogP contribution >= 0.6 is 11.6 Å². The summed E-state index contributed by atoms with van der Waals surface area (Å²) in [5.41, 5.74) is -0.446. The minimum Gasteiger partial charge on any atom is -0.336 e. The van der Waals surface area contributed by atoms with E-state index in [1.54, 1.807) is 16.8 Å². The summed E-state index contributed by atoms with van der Waals surface area (Å²) in [5, 5.41) is 6.36. The van der Waals surface area contributed by atoms with Crippen molar-refractivity contribution in [1.82, 2.24) is 19.9 Å². The highest BCUT2D eigenvalue weighted by Gasteiger charge is 2.56. The Morgan fingerprint density at radius 1 is 1.42 bits per heavy atom. The van der Waals surface area contributed by atoms with Gasteiger partial charge in [0.2, 0.25) is 0 Å².